The van der Waals surface area contributed by atoms with Crippen molar-refractivity contribution in [1.82, 2.24) is 15.2 Å². The topological polar surface area (TPSA) is 53.6 Å². The lowest BCUT2D eigenvalue weighted by Crippen LogP contribution is -2.06. The minimum Gasteiger partial charge on any atom is -0.385 e. The molecule has 1 heterocycles. The second-order valence-corrected chi connectivity index (χ2v) is 4.60. The standard InChI is InChI=1S/C13H15FN4/c14-10-2-1-3-11(8-10)15-7-6-12-16-13(18-17-12)9-4-5-9/h1-3,8-9,15H,4-7H2,(H,16,17,18). The van der Waals surface area contributed by atoms with Crippen LogP contribution in [0.1, 0.15) is 30.4 Å². The van der Waals surface area contributed by atoms with Crippen LogP contribution in [0.25, 0.3) is 0 Å². The molecule has 3 rings (SSSR count). The molecule has 0 radical (unpaired) electrons. The Morgan fingerprint density at radius 1 is 1.39 bits per heavy atom. The van der Waals surface area contributed by atoms with Crippen molar-refractivity contribution in [3.63, 3.8) is 0 Å². The molecule has 4 nitrogen and oxygen atoms in total. The number of hydrogen-bond acceptors (Lipinski definition) is 3. The van der Waals surface area contributed by atoms with Crippen LogP contribution in [0.2, 0.25) is 0 Å². The van der Waals surface area contributed by atoms with E-state index in [9.17, 15) is 4.39 Å². The number of benzene rings is 1. The van der Waals surface area contributed by atoms with Gasteiger partial charge in [0.25, 0.3) is 0 Å². The number of anilines is 1. The Hall–Kier alpha value is -1.91. The van der Waals surface area contributed by atoms with Crippen LogP contribution in [-0.2, 0) is 6.42 Å². The van der Waals surface area contributed by atoms with Crippen molar-refractivity contribution in [2.24, 2.45) is 0 Å². The Kier molecular flexibility index (Phi) is 2.96. The van der Waals surface area contributed by atoms with Gasteiger partial charge in [-0.05, 0) is 31.0 Å². The van der Waals surface area contributed by atoms with Crippen LogP contribution >= 0.6 is 0 Å². The molecule has 0 spiro atoms. The van der Waals surface area contributed by atoms with Gasteiger partial charge in [-0.15, -0.1) is 0 Å². The van der Waals surface area contributed by atoms with Crippen LogP contribution in [0.3, 0.4) is 0 Å². The first-order chi connectivity index (χ1) is 8.81. The van der Waals surface area contributed by atoms with Crippen LogP contribution in [0.15, 0.2) is 24.3 Å². The zero-order chi connectivity index (χ0) is 12.4. The summed E-state index contributed by atoms with van der Waals surface area (Å²) >= 11 is 0. The van der Waals surface area contributed by atoms with Gasteiger partial charge >= 0.3 is 0 Å². The lowest BCUT2D eigenvalue weighted by atomic mass is 10.3. The molecule has 2 aromatic rings. The summed E-state index contributed by atoms with van der Waals surface area (Å²) in [4.78, 5) is 4.44. The third kappa shape index (κ3) is 2.67. The predicted molar refractivity (Wildman–Crippen MR) is 67.0 cm³/mol. The van der Waals surface area contributed by atoms with Gasteiger partial charge < -0.3 is 5.32 Å². The summed E-state index contributed by atoms with van der Waals surface area (Å²) in [6.07, 6.45) is 3.17. The zero-order valence-electron chi connectivity index (χ0n) is 9.99. The van der Waals surface area contributed by atoms with Gasteiger partial charge in [0.2, 0.25) is 0 Å². The van der Waals surface area contributed by atoms with Crippen molar-refractivity contribution in [2.75, 3.05) is 11.9 Å². The third-order valence-corrected chi connectivity index (χ3v) is 3.01. The maximum absolute atomic E-state index is 12.9. The lowest BCUT2D eigenvalue weighted by Gasteiger charge is -2.04. The second kappa shape index (κ2) is 4.76. The summed E-state index contributed by atoms with van der Waals surface area (Å²) in [5.74, 6) is 2.18. The SMILES string of the molecule is Fc1cccc(NCCc2nc(C3CC3)n[nH]2)c1. The fourth-order valence-electron chi connectivity index (χ4n) is 1.87. The number of hydrogen-bond donors (Lipinski definition) is 2. The van der Waals surface area contributed by atoms with Crippen molar-refractivity contribution >= 4 is 5.69 Å². The molecule has 94 valence electrons. The maximum Gasteiger partial charge on any atom is 0.153 e. The molecule has 0 atom stereocenters. The van der Waals surface area contributed by atoms with Gasteiger partial charge in [0, 0.05) is 24.6 Å². The molecule has 1 aliphatic rings. The van der Waals surface area contributed by atoms with Crippen molar-refractivity contribution in [3.8, 4) is 0 Å². The molecule has 0 aliphatic heterocycles. The van der Waals surface area contributed by atoms with Crippen molar-refractivity contribution < 1.29 is 4.39 Å². The third-order valence-electron chi connectivity index (χ3n) is 3.01. The number of halogens is 1. The Labute approximate surface area is 105 Å². The molecule has 0 amide bonds. The molecular weight excluding hydrogens is 231 g/mol. The molecule has 18 heavy (non-hydrogen) atoms. The van der Waals surface area contributed by atoms with Gasteiger partial charge in [0.1, 0.15) is 11.6 Å². The van der Waals surface area contributed by atoms with Crippen LogP contribution < -0.4 is 5.32 Å². The number of aromatic amines is 1. The number of H-pyrrole nitrogens is 1. The Bertz CT molecular complexity index is 533. The zero-order valence-corrected chi connectivity index (χ0v) is 9.99. The summed E-state index contributed by atoms with van der Waals surface area (Å²) < 4.78 is 12.9. The van der Waals surface area contributed by atoms with E-state index in [-0.39, 0.29) is 5.82 Å². The van der Waals surface area contributed by atoms with Crippen molar-refractivity contribution in [1.29, 1.82) is 0 Å². The number of rotatable bonds is 5. The van der Waals surface area contributed by atoms with E-state index in [1.54, 1.807) is 6.07 Å². The van der Waals surface area contributed by atoms with Gasteiger partial charge in [-0.2, -0.15) is 5.10 Å². The molecule has 1 aromatic heterocycles. The van der Waals surface area contributed by atoms with Crippen molar-refractivity contribution in [2.45, 2.75) is 25.2 Å². The predicted octanol–water partition coefficient (Wildman–Crippen LogP) is 2.48. The maximum atomic E-state index is 12.9. The van der Waals surface area contributed by atoms with Crippen LogP contribution in [0.4, 0.5) is 10.1 Å². The van der Waals surface area contributed by atoms with Crippen LogP contribution in [0, 0.1) is 5.82 Å². The molecule has 1 saturated carbocycles. The highest BCUT2D eigenvalue weighted by atomic mass is 19.1. The molecular formula is C13H15FN4. The van der Waals surface area contributed by atoms with Gasteiger partial charge in [0.05, 0.1) is 0 Å². The van der Waals surface area contributed by atoms with Gasteiger partial charge in [0.15, 0.2) is 5.82 Å². The quantitative estimate of drug-likeness (QED) is 0.852. The summed E-state index contributed by atoms with van der Waals surface area (Å²) in [7, 11) is 0. The van der Waals surface area contributed by atoms with Gasteiger partial charge in [-0.25, -0.2) is 9.37 Å². The highest BCUT2D eigenvalue weighted by Crippen LogP contribution is 2.37. The first-order valence-electron chi connectivity index (χ1n) is 6.22. The molecule has 5 heteroatoms. The Balaban J connectivity index is 1.51. The molecule has 1 fully saturated rings. The fraction of sp³-hybridized carbons (Fsp3) is 0.385. The van der Waals surface area contributed by atoms with E-state index in [1.165, 1.54) is 25.0 Å². The molecule has 0 saturated heterocycles. The Morgan fingerprint density at radius 3 is 3.06 bits per heavy atom. The minimum absolute atomic E-state index is 0.226. The average molecular weight is 246 g/mol. The van der Waals surface area contributed by atoms with E-state index in [2.05, 4.69) is 20.5 Å². The summed E-state index contributed by atoms with van der Waals surface area (Å²) in [5.41, 5.74) is 0.789. The number of nitrogens with zero attached hydrogens (tertiary/aromatic N) is 2. The monoisotopic (exact) mass is 246 g/mol. The molecule has 0 unspecified atom stereocenters. The second-order valence-electron chi connectivity index (χ2n) is 4.60. The lowest BCUT2D eigenvalue weighted by molar-refractivity contribution is 0.628. The number of aromatic nitrogens is 3. The molecule has 0 bridgehead atoms. The van der Waals surface area contributed by atoms with E-state index in [1.807, 2.05) is 6.07 Å². The van der Waals surface area contributed by atoms with Crippen LogP contribution in [-0.4, -0.2) is 21.7 Å². The summed E-state index contributed by atoms with van der Waals surface area (Å²) in [6, 6.07) is 6.45. The minimum atomic E-state index is -0.226. The van der Waals surface area contributed by atoms with E-state index >= 15 is 0 Å². The van der Waals surface area contributed by atoms with E-state index in [0.29, 0.717) is 12.5 Å². The Morgan fingerprint density at radius 2 is 2.28 bits per heavy atom. The van der Waals surface area contributed by atoms with Gasteiger partial charge in [-0.1, -0.05) is 6.07 Å². The summed E-state index contributed by atoms with van der Waals surface area (Å²) in [6.45, 7) is 0.711. The first kappa shape index (κ1) is 11.2. The first-order valence-corrected chi connectivity index (χ1v) is 6.22. The largest absolute Gasteiger partial charge is 0.385 e. The average Bonchev–Trinajstić information content (AvgIpc) is 3.10. The van der Waals surface area contributed by atoms with Crippen LogP contribution in [0.5, 0.6) is 0 Å². The summed E-state index contributed by atoms with van der Waals surface area (Å²) in [5, 5.41) is 10.3. The molecule has 1 aliphatic carbocycles. The van der Waals surface area contributed by atoms with E-state index < -0.39 is 0 Å². The fourth-order valence-corrected chi connectivity index (χ4v) is 1.87. The van der Waals surface area contributed by atoms with Gasteiger partial charge in [-0.3, -0.25) is 5.10 Å². The van der Waals surface area contributed by atoms with Crippen molar-refractivity contribution in [3.05, 3.63) is 41.7 Å². The highest BCUT2D eigenvalue weighted by Gasteiger charge is 2.27. The number of nitrogens with one attached hydrogen (secondary N) is 2. The molecule has 2 N–H and O–H groups in total. The normalized spacial score (nSPS) is 14.7. The molecule has 1 aromatic carbocycles. The smallest absolute Gasteiger partial charge is 0.153 e. The van der Waals surface area contributed by atoms with E-state index in [0.717, 1.165) is 23.8 Å². The van der Waals surface area contributed by atoms with E-state index in [4.69, 9.17) is 0 Å². The highest BCUT2D eigenvalue weighted by molar-refractivity contribution is 5.42.